The van der Waals surface area contributed by atoms with E-state index in [9.17, 15) is 14.4 Å². The van der Waals surface area contributed by atoms with Gasteiger partial charge in [0.15, 0.2) is 10.6 Å². The highest BCUT2D eigenvalue weighted by Gasteiger charge is 2.45. The largest absolute Gasteiger partial charge is 0.462 e. The maximum absolute atomic E-state index is 13.6. The number of fused-ring (bicyclic) bond motifs is 2. The van der Waals surface area contributed by atoms with Crippen molar-refractivity contribution in [3.63, 3.8) is 0 Å². The van der Waals surface area contributed by atoms with E-state index in [2.05, 4.69) is 4.98 Å². The first kappa shape index (κ1) is 21.4. The van der Waals surface area contributed by atoms with E-state index in [0.717, 1.165) is 11.3 Å². The van der Waals surface area contributed by atoms with Crippen molar-refractivity contribution in [3.05, 3.63) is 91.2 Å². The van der Waals surface area contributed by atoms with E-state index in [1.54, 1.807) is 26.0 Å². The van der Waals surface area contributed by atoms with Gasteiger partial charge in [0, 0.05) is 5.02 Å². The van der Waals surface area contributed by atoms with Gasteiger partial charge >= 0.3 is 5.97 Å². The Labute approximate surface area is 197 Å². The Balaban J connectivity index is 1.75. The second-order valence-corrected chi connectivity index (χ2v) is 8.85. The number of nitrogens with zero attached hydrogens (tertiary/aromatic N) is 2. The molecule has 166 valence electrons. The minimum atomic E-state index is -0.770. The molecule has 0 aliphatic carbocycles. The summed E-state index contributed by atoms with van der Waals surface area (Å²) < 4.78 is 11.0. The molecule has 0 N–H and O–H groups in total. The highest BCUT2D eigenvalue weighted by atomic mass is 35.5. The average Bonchev–Trinajstić information content (AvgIpc) is 3.33. The van der Waals surface area contributed by atoms with Gasteiger partial charge in [-0.1, -0.05) is 53.3 Å². The molecule has 1 atom stereocenters. The maximum Gasteiger partial charge on any atom is 0.350 e. The molecule has 7 nitrogen and oxygen atoms in total. The number of halogens is 1. The first-order chi connectivity index (χ1) is 15.9. The lowest BCUT2D eigenvalue weighted by Crippen LogP contribution is -2.29. The molecule has 1 unspecified atom stereocenters. The first-order valence-electron chi connectivity index (χ1n) is 10.2. The SMILES string of the molecule is CCOC(=O)c1sc(N2C(=O)c3oc4ccc(Cl)cc4c(=O)c3C2c2ccccc2)nc1C. The molecule has 0 spiro atoms. The predicted octanol–water partition coefficient (Wildman–Crippen LogP) is 5.14. The molecule has 1 aliphatic heterocycles. The van der Waals surface area contributed by atoms with Crippen LogP contribution < -0.4 is 10.3 Å². The van der Waals surface area contributed by atoms with Crippen LogP contribution in [-0.4, -0.2) is 23.5 Å². The fraction of sp³-hybridized carbons (Fsp3) is 0.167. The van der Waals surface area contributed by atoms with Gasteiger partial charge in [-0.15, -0.1) is 0 Å². The summed E-state index contributed by atoms with van der Waals surface area (Å²) in [4.78, 5) is 45.7. The van der Waals surface area contributed by atoms with Gasteiger partial charge in [0.25, 0.3) is 5.91 Å². The van der Waals surface area contributed by atoms with Crippen LogP contribution in [0, 0.1) is 6.92 Å². The molecule has 0 saturated heterocycles. The molecule has 4 aromatic rings. The van der Waals surface area contributed by atoms with E-state index < -0.39 is 17.9 Å². The maximum atomic E-state index is 13.6. The summed E-state index contributed by atoms with van der Waals surface area (Å²) in [5, 5.41) is 0.962. The van der Waals surface area contributed by atoms with Crippen LogP contribution >= 0.6 is 22.9 Å². The van der Waals surface area contributed by atoms with E-state index in [4.69, 9.17) is 20.8 Å². The number of aryl methyl sites for hydroxylation is 1. The lowest BCUT2D eigenvalue weighted by atomic mass is 9.99. The van der Waals surface area contributed by atoms with E-state index in [1.807, 2.05) is 30.3 Å². The predicted molar refractivity (Wildman–Crippen MR) is 125 cm³/mol. The van der Waals surface area contributed by atoms with Crippen LogP contribution in [0.5, 0.6) is 0 Å². The number of hydrogen-bond donors (Lipinski definition) is 0. The number of carbonyl (C=O) groups is 2. The quantitative estimate of drug-likeness (QED) is 0.376. The second-order valence-electron chi connectivity index (χ2n) is 7.43. The van der Waals surface area contributed by atoms with Crippen molar-refractivity contribution in [1.82, 2.24) is 4.98 Å². The lowest BCUT2D eigenvalue weighted by Gasteiger charge is -2.22. The highest BCUT2D eigenvalue weighted by molar-refractivity contribution is 7.17. The molecule has 1 aliphatic rings. The van der Waals surface area contributed by atoms with Crippen molar-refractivity contribution in [1.29, 1.82) is 0 Å². The highest BCUT2D eigenvalue weighted by Crippen LogP contribution is 2.43. The minimum absolute atomic E-state index is 0.0470. The normalized spacial score (nSPS) is 15.2. The Bertz CT molecular complexity index is 1480. The van der Waals surface area contributed by atoms with Crippen molar-refractivity contribution in [2.45, 2.75) is 19.9 Å². The number of anilines is 1. The molecule has 0 bridgehead atoms. The Kier molecular flexibility index (Phi) is 5.26. The zero-order valence-corrected chi connectivity index (χ0v) is 19.2. The number of carbonyl (C=O) groups excluding carboxylic acids is 2. The molecule has 5 rings (SSSR count). The van der Waals surface area contributed by atoms with Crippen LogP contribution in [-0.2, 0) is 4.74 Å². The molecule has 1 amide bonds. The molecular formula is C24H17ClN2O5S. The third-order valence-corrected chi connectivity index (χ3v) is 6.77. The van der Waals surface area contributed by atoms with Crippen LogP contribution in [0.25, 0.3) is 11.0 Å². The van der Waals surface area contributed by atoms with Crippen molar-refractivity contribution in [3.8, 4) is 0 Å². The summed E-state index contributed by atoms with van der Waals surface area (Å²) in [6, 6.07) is 13.1. The first-order valence-corrected chi connectivity index (χ1v) is 11.4. The molecule has 0 saturated carbocycles. The molecule has 2 aromatic carbocycles. The summed E-state index contributed by atoms with van der Waals surface area (Å²) in [5.74, 6) is -1.06. The fourth-order valence-electron chi connectivity index (χ4n) is 3.96. The third kappa shape index (κ3) is 3.42. The molecule has 2 aromatic heterocycles. The number of aromatic nitrogens is 1. The molecule has 3 heterocycles. The van der Waals surface area contributed by atoms with Crippen molar-refractivity contribution < 1.29 is 18.7 Å². The smallest absolute Gasteiger partial charge is 0.350 e. The Hall–Kier alpha value is -3.49. The third-order valence-electron chi connectivity index (χ3n) is 5.40. The van der Waals surface area contributed by atoms with Crippen LogP contribution in [0.4, 0.5) is 5.13 Å². The summed E-state index contributed by atoms with van der Waals surface area (Å²) in [5.41, 5.74) is 1.31. The van der Waals surface area contributed by atoms with Gasteiger partial charge < -0.3 is 9.15 Å². The van der Waals surface area contributed by atoms with Gasteiger partial charge in [-0.05, 0) is 37.6 Å². The van der Waals surface area contributed by atoms with Gasteiger partial charge in [-0.3, -0.25) is 14.5 Å². The molecule has 0 fully saturated rings. The zero-order valence-electron chi connectivity index (χ0n) is 17.6. The average molecular weight is 481 g/mol. The number of benzene rings is 2. The number of thiazole rings is 1. The van der Waals surface area contributed by atoms with Gasteiger partial charge in [-0.25, -0.2) is 9.78 Å². The van der Waals surface area contributed by atoms with Crippen LogP contribution in [0.3, 0.4) is 0 Å². The van der Waals surface area contributed by atoms with E-state index in [0.29, 0.717) is 26.5 Å². The summed E-state index contributed by atoms with van der Waals surface area (Å²) in [6.07, 6.45) is 0. The fourth-order valence-corrected chi connectivity index (χ4v) is 5.12. The van der Waals surface area contributed by atoms with Crippen molar-refractivity contribution >= 4 is 50.9 Å². The van der Waals surface area contributed by atoms with E-state index in [-0.39, 0.29) is 34.1 Å². The van der Waals surface area contributed by atoms with Gasteiger partial charge in [0.05, 0.1) is 29.3 Å². The zero-order chi connectivity index (χ0) is 23.3. The number of hydrogen-bond acceptors (Lipinski definition) is 7. The lowest BCUT2D eigenvalue weighted by molar-refractivity contribution is 0.0531. The monoisotopic (exact) mass is 480 g/mol. The van der Waals surface area contributed by atoms with Crippen LogP contribution in [0.1, 0.15) is 50.0 Å². The molecular weight excluding hydrogens is 464 g/mol. The number of amides is 1. The Morgan fingerprint density at radius 2 is 1.97 bits per heavy atom. The molecule has 0 radical (unpaired) electrons. The van der Waals surface area contributed by atoms with Gasteiger partial charge in [0.1, 0.15) is 10.5 Å². The standard InChI is InChI=1S/C24H17ClN2O5S/c1-3-31-23(30)21-12(2)26-24(33-21)27-18(13-7-5-4-6-8-13)17-19(28)15-11-14(25)9-10-16(15)32-20(17)22(27)29/h4-11,18H,3H2,1-2H3. The number of rotatable bonds is 4. The Morgan fingerprint density at radius 1 is 1.21 bits per heavy atom. The van der Waals surface area contributed by atoms with Gasteiger partial charge in [-0.2, -0.15) is 0 Å². The Morgan fingerprint density at radius 3 is 2.70 bits per heavy atom. The van der Waals surface area contributed by atoms with Gasteiger partial charge in [0.2, 0.25) is 5.76 Å². The minimum Gasteiger partial charge on any atom is -0.462 e. The second kappa shape index (κ2) is 8.13. The van der Waals surface area contributed by atoms with Crippen molar-refractivity contribution in [2.75, 3.05) is 11.5 Å². The summed E-state index contributed by atoms with van der Waals surface area (Å²) in [6.45, 7) is 3.62. The van der Waals surface area contributed by atoms with Crippen LogP contribution in [0.2, 0.25) is 5.02 Å². The molecule has 33 heavy (non-hydrogen) atoms. The molecule has 9 heteroatoms. The van der Waals surface area contributed by atoms with Crippen molar-refractivity contribution in [2.24, 2.45) is 0 Å². The van der Waals surface area contributed by atoms with E-state index >= 15 is 0 Å². The van der Waals surface area contributed by atoms with E-state index in [1.165, 1.54) is 11.0 Å². The number of ether oxygens (including phenoxy) is 1. The van der Waals surface area contributed by atoms with Crippen LogP contribution in [0.15, 0.2) is 57.7 Å². The topological polar surface area (TPSA) is 89.7 Å². The number of esters is 1. The summed E-state index contributed by atoms with van der Waals surface area (Å²) >= 11 is 7.16. The summed E-state index contributed by atoms with van der Waals surface area (Å²) in [7, 11) is 0.